The van der Waals surface area contributed by atoms with Crippen LogP contribution in [0.25, 0.3) is 0 Å². The highest BCUT2D eigenvalue weighted by atomic mass is 19.4. The molecule has 0 bridgehead atoms. The molecule has 5 nitrogen and oxygen atoms in total. The van der Waals surface area contributed by atoms with Crippen LogP contribution >= 0.6 is 0 Å². The zero-order valence-corrected chi connectivity index (χ0v) is 21.3. The van der Waals surface area contributed by atoms with Gasteiger partial charge >= 0.3 is 6.18 Å². The number of halogens is 3. The van der Waals surface area contributed by atoms with Crippen LogP contribution in [0.15, 0.2) is 54.7 Å². The molecular formula is C29H35F3N4O. The van der Waals surface area contributed by atoms with E-state index in [2.05, 4.69) is 27.5 Å². The van der Waals surface area contributed by atoms with E-state index in [0.717, 1.165) is 56.0 Å². The van der Waals surface area contributed by atoms with Gasteiger partial charge in [-0.15, -0.1) is 0 Å². The maximum atomic E-state index is 13.7. The van der Waals surface area contributed by atoms with Crippen molar-refractivity contribution in [2.24, 2.45) is 0 Å². The summed E-state index contributed by atoms with van der Waals surface area (Å²) in [6.07, 6.45) is 7.66. The average Bonchev–Trinajstić information content (AvgIpc) is 2.88. The van der Waals surface area contributed by atoms with E-state index >= 15 is 0 Å². The van der Waals surface area contributed by atoms with E-state index in [-0.39, 0.29) is 17.9 Å². The van der Waals surface area contributed by atoms with E-state index in [4.69, 9.17) is 4.74 Å². The fraction of sp³-hybridized carbons (Fsp3) is 0.448. The SMILES string of the molecule is CCCCCCc1cccc(Nc2nc(Nc3ccc(OC4CCCCC4)cc3)ncc2C(F)(F)F)c1. The van der Waals surface area contributed by atoms with Crippen LogP contribution in [0.4, 0.5) is 36.3 Å². The molecule has 0 radical (unpaired) electrons. The molecular weight excluding hydrogens is 477 g/mol. The van der Waals surface area contributed by atoms with Gasteiger partial charge in [0.2, 0.25) is 5.95 Å². The molecule has 1 fully saturated rings. The first kappa shape index (κ1) is 26.8. The summed E-state index contributed by atoms with van der Waals surface area (Å²) in [6, 6.07) is 14.8. The first-order valence-corrected chi connectivity index (χ1v) is 13.2. The van der Waals surface area contributed by atoms with E-state index in [1.54, 1.807) is 6.07 Å². The van der Waals surface area contributed by atoms with E-state index < -0.39 is 11.7 Å². The summed E-state index contributed by atoms with van der Waals surface area (Å²) in [5.41, 5.74) is 1.39. The summed E-state index contributed by atoms with van der Waals surface area (Å²) in [4.78, 5) is 8.10. The number of alkyl halides is 3. The van der Waals surface area contributed by atoms with Gasteiger partial charge in [0, 0.05) is 17.6 Å². The van der Waals surface area contributed by atoms with Crippen molar-refractivity contribution in [1.82, 2.24) is 9.97 Å². The van der Waals surface area contributed by atoms with Gasteiger partial charge in [0.15, 0.2) is 0 Å². The molecule has 1 aromatic heterocycles. The molecule has 0 unspecified atom stereocenters. The predicted molar refractivity (Wildman–Crippen MR) is 142 cm³/mol. The van der Waals surface area contributed by atoms with Crippen molar-refractivity contribution >= 4 is 23.1 Å². The maximum absolute atomic E-state index is 13.7. The minimum Gasteiger partial charge on any atom is -0.490 e. The second-order valence-corrected chi connectivity index (χ2v) is 9.62. The van der Waals surface area contributed by atoms with Crippen molar-refractivity contribution in [3.05, 3.63) is 65.9 Å². The molecule has 3 aromatic rings. The van der Waals surface area contributed by atoms with Crippen molar-refractivity contribution in [1.29, 1.82) is 0 Å². The Morgan fingerprint density at radius 1 is 0.919 bits per heavy atom. The van der Waals surface area contributed by atoms with E-state index in [0.29, 0.717) is 11.4 Å². The highest BCUT2D eigenvalue weighted by Crippen LogP contribution is 2.35. The lowest BCUT2D eigenvalue weighted by molar-refractivity contribution is -0.137. The van der Waals surface area contributed by atoms with E-state index in [9.17, 15) is 13.2 Å². The smallest absolute Gasteiger partial charge is 0.421 e. The number of aryl methyl sites for hydroxylation is 1. The van der Waals surface area contributed by atoms with Gasteiger partial charge in [0.25, 0.3) is 0 Å². The normalized spacial score (nSPS) is 14.4. The summed E-state index contributed by atoms with van der Waals surface area (Å²) in [5.74, 6) is 0.570. The van der Waals surface area contributed by atoms with Crippen LogP contribution in [0, 0.1) is 0 Å². The van der Waals surface area contributed by atoms with Crippen LogP contribution in [0.5, 0.6) is 5.75 Å². The Morgan fingerprint density at radius 3 is 2.43 bits per heavy atom. The Bertz CT molecular complexity index is 1130. The Kier molecular flexibility index (Phi) is 9.25. The fourth-order valence-electron chi connectivity index (χ4n) is 4.56. The van der Waals surface area contributed by atoms with E-state index in [1.165, 1.54) is 25.7 Å². The highest BCUT2D eigenvalue weighted by molar-refractivity contribution is 5.63. The van der Waals surface area contributed by atoms with Crippen LogP contribution in [0.2, 0.25) is 0 Å². The number of nitrogens with one attached hydrogen (secondary N) is 2. The maximum Gasteiger partial charge on any atom is 0.421 e. The molecule has 2 N–H and O–H groups in total. The topological polar surface area (TPSA) is 59.1 Å². The molecule has 0 amide bonds. The molecule has 8 heteroatoms. The number of unbranched alkanes of at least 4 members (excludes halogenated alkanes) is 3. The highest BCUT2D eigenvalue weighted by Gasteiger charge is 2.35. The van der Waals surface area contributed by atoms with Crippen molar-refractivity contribution in [2.75, 3.05) is 10.6 Å². The standard InChI is InChI=1S/C29H35F3N4O/c1-2-3-4-6-10-21-11-9-12-23(19-21)34-27-26(29(30,31)32)20-33-28(36-27)35-22-15-17-25(18-16-22)37-24-13-7-5-8-14-24/h9,11-12,15-20,24H,2-8,10,13-14H2,1H3,(H2,33,34,35,36). The molecule has 0 spiro atoms. The first-order valence-electron chi connectivity index (χ1n) is 13.2. The van der Waals surface area contributed by atoms with Gasteiger partial charge in [-0.25, -0.2) is 4.98 Å². The largest absolute Gasteiger partial charge is 0.490 e. The first-order chi connectivity index (χ1) is 17.9. The summed E-state index contributed by atoms with van der Waals surface area (Å²) in [7, 11) is 0. The zero-order valence-electron chi connectivity index (χ0n) is 21.3. The number of aromatic nitrogens is 2. The lowest BCUT2D eigenvalue weighted by Gasteiger charge is -2.23. The summed E-state index contributed by atoms with van der Waals surface area (Å²) >= 11 is 0. The molecule has 1 heterocycles. The van der Waals surface area contributed by atoms with Crippen LogP contribution < -0.4 is 15.4 Å². The Hall–Kier alpha value is -3.29. The van der Waals surface area contributed by atoms with Crippen LogP contribution in [0.3, 0.4) is 0 Å². The molecule has 198 valence electrons. The number of anilines is 4. The molecule has 4 rings (SSSR count). The molecule has 2 aromatic carbocycles. The average molecular weight is 513 g/mol. The molecule has 1 aliphatic rings. The van der Waals surface area contributed by atoms with Crippen molar-refractivity contribution in [3.8, 4) is 5.75 Å². The van der Waals surface area contributed by atoms with Gasteiger partial charge in [-0.05, 0) is 80.5 Å². The summed E-state index contributed by atoms with van der Waals surface area (Å²) in [6.45, 7) is 2.16. The monoisotopic (exact) mass is 512 g/mol. The molecule has 0 atom stereocenters. The lowest BCUT2D eigenvalue weighted by Crippen LogP contribution is -2.19. The third-order valence-corrected chi connectivity index (χ3v) is 6.57. The van der Waals surface area contributed by atoms with Crippen LogP contribution in [-0.2, 0) is 12.6 Å². The third-order valence-electron chi connectivity index (χ3n) is 6.57. The predicted octanol–water partition coefficient (Wildman–Crippen LogP) is 8.82. The fourth-order valence-corrected chi connectivity index (χ4v) is 4.56. The number of hydrogen-bond donors (Lipinski definition) is 2. The Labute approximate surface area is 216 Å². The van der Waals surface area contributed by atoms with Crippen LogP contribution in [-0.4, -0.2) is 16.1 Å². The molecule has 37 heavy (non-hydrogen) atoms. The van der Waals surface area contributed by atoms with Gasteiger partial charge in [0.1, 0.15) is 17.1 Å². The number of ether oxygens (including phenoxy) is 1. The van der Waals surface area contributed by atoms with Crippen molar-refractivity contribution in [3.63, 3.8) is 0 Å². The molecule has 1 saturated carbocycles. The minimum absolute atomic E-state index is 0.0761. The quantitative estimate of drug-likeness (QED) is 0.251. The Morgan fingerprint density at radius 2 is 1.70 bits per heavy atom. The van der Waals surface area contributed by atoms with Gasteiger partial charge < -0.3 is 15.4 Å². The molecule has 0 aliphatic heterocycles. The van der Waals surface area contributed by atoms with Crippen molar-refractivity contribution in [2.45, 2.75) is 83.4 Å². The number of rotatable bonds is 11. The third kappa shape index (κ3) is 8.10. The van der Waals surface area contributed by atoms with Gasteiger partial charge in [-0.2, -0.15) is 18.2 Å². The van der Waals surface area contributed by atoms with Gasteiger partial charge in [-0.3, -0.25) is 0 Å². The second-order valence-electron chi connectivity index (χ2n) is 9.62. The van der Waals surface area contributed by atoms with Crippen molar-refractivity contribution < 1.29 is 17.9 Å². The lowest BCUT2D eigenvalue weighted by atomic mass is 9.98. The minimum atomic E-state index is -4.59. The number of benzene rings is 2. The van der Waals surface area contributed by atoms with E-state index in [1.807, 2.05) is 42.5 Å². The number of hydrogen-bond acceptors (Lipinski definition) is 5. The zero-order chi connectivity index (χ0) is 26.1. The second kappa shape index (κ2) is 12.8. The van der Waals surface area contributed by atoms with Gasteiger partial charge in [-0.1, -0.05) is 44.7 Å². The number of nitrogens with zero attached hydrogens (tertiary/aromatic N) is 2. The summed E-state index contributed by atoms with van der Waals surface area (Å²) < 4.78 is 47.2. The molecule has 1 aliphatic carbocycles. The molecule has 0 saturated heterocycles. The van der Waals surface area contributed by atoms with Crippen LogP contribution in [0.1, 0.15) is 75.8 Å². The summed E-state index contributed by atoms with van der Waals surface area (Å²) in [5, 5.41) is 5.88. The Balaban J connectivity index is 1.46. The van der Waals surface area contributed by atoms with Gasteiger partial charge in [0.05, 0.1) is 6.10 Å².